The molecule has 1 saturated heterocycles. The molecule has 0 saturated carbocycles. The van der Waals surface area contributed by atoms with E-state index in [0.717, 1.165) is 11.3 Å². The van der Waals surface area contributed by atoms with Gasteiger partial charge >= 0.3 is 17.9 Å². The Kier molecular flexibility index (Phi) is 5.65. The Labute approximate surface area is 157 Å². The predicted octanol–water partition coefficient (Wildman–Crippen LogP) is 1.98. The summed E-state index contributed by atoms with van der Waals surface area (Å²) in [6.45, 7) is 4.67. The van der Waals surface area contributed by atoms with Crippen LogP contribution < -0.4 is 5.32 Å². The first-order valence-corrected chi connectivity index (χ1v) is 8.92. The third-order valence-electron chi connectivity index (χ3n) is 4.57. The minimum atomic E-state index is -0.603. The minimum Gasteiger partial charge on any atom is -0.463 e. The molecule has 146 valence electrons. The molecule has 1 N–H and O–H groups in total. The van der Waals surface area contributed by atoms with Gasteiger partial charge in [0.25, 0.3) is 0 Å². The fourth-order valence-electron chi connectivity index (χ4n) is 3.49. The lowest BCUT2D eigenvalue weighted by molar-refractivity contribution is -0.185. The van der Waals surface area contributed by atoms with Gasteiger partial charge in [0.2, 0.25) is 0 Å². The summed E-state index contributed by atoms with van der Waals surface area (Å²) in [5.41, 5.74) is 2.08. The number of rotatable bonds is 5. The minimum absolute atomic E-state index is 0.0190. The predicted molar refractivity (Wildman–Crippen MR) is 94.2 cm³/mol. The maximum absolute atomic E-state index is 12.0. The van der Waals surface area contributed by atoms with Crippen LogP contribution in [0.4, 0.5) is 5.69 Å². The van der Waals surface area contributed by atoms with Crippen LogP contribution in [0.1, 0.15) is 49.2 Å². The Balaban J connectivity index is 1.87. The SMILES string of the molecule is CCOC(=O)c1ccc2c(c1)[C@H]1C[C@@H](N2)[C@H](OC(C)=O)[C@@H](COC(C)=O)O1. The van der Waals surface area contributed by atoms with Crippen molar-refractivity contribution in [2.75, 3.05) is 18.5 Å². The van der Waals surface area contributed by atoms with Gasteiger partial charge in [-0.2, -0.15) is 0 Å². The number of fused-ring (bicyclic) bond motifs is 4. The van der Waals surface area contributed by atoms with Crippen molar-refractivity contribution < 1.29 is 33.3 Å². The van der Waals surface area contributed by atoms with E-state index in [4.69, 9.17) is 18.9 Å². The van der Waals surface area contributed by atoms with E-state index in [9.17, 15) is 14.4 Å². The van der Waals surface area contributed by atoms with Crippen molar-refractivity contribution in [2.24, 2.45) is 0 Å². The largest absolute Gasteiger partial charge is 0.463 e. The van der Waals surface area contributed by atoms with Crippen LogP contribution in [0.5, 0.6) is 0 Å². The second-order valence-electron chi connectivity index (χ2n) is 6.55. The molecule has 27 heavy (non-hydrogen) atoms. The monoisotopic (exact) mass is 377 g/mol. The van der Waals surface area contributed by atoms with E-state index in [1.807, 2.05) is 0 Å². The topological polar surface area (TPSA) is 100 Å². The molecule has 2 aliphatic rings. The van der Waals surface area contributed by atoms with Gasteiger partial charge in [-0.15, -0.1) is 0 Å². The highest BCUT2D eigenvalue weighted by atomic mass is 16.6. The van der Waals surface area contributed by atoms with Crippen molar-refractivity contribution in [3.63, 3.8) is 0 Å². The fraction of sp³-hybridized carbons (Fsp3) is 0.526. The fourth-order valence-corrected chi connectivity index (χ4v) is 3.49. The van der Waals surface area contributed by atoms with Crippen molar-refractivity contribution in [2.45, 2.75) is 51.5 Å². The van der Waals surface area contributed by atoms with E-state index in [-0.39, 0.29) is 18.8 Å². The molecular weight excluding hydrogens is 354 g/mol. The lowest BCUT2D eigenvalue weighted by Gasteiger charge is -2.45. The zero-order chi connectivity index (χ0) is 19.6. The van der Waals surface area contributed by atoms with Crippen molar-refractivity contribution in [3.8, 4) is 0 Å². The van der Waals surface area contributed by atoms with Gasteiger partial charge in [0.05, 0.1) is 24.3 Å². The number of carbonyl (C=O) groups excluding carboxylic acids is 3. The lowest BCUT2D eigenvalue weighted by Crippen LogP contribution is -2.54. The van der Waals surface area contributed by atoms with Crippen LogP contribution in [-0.2, 0) is 28.5 Å². The molecule has 1 fully saturated rings. The van der Waals surface area contributed by atoms with E-state index < -0.39 is 30.1 Å². The van der Waals surface area contributed by atoms with Crippen molar-refractivity contribution >= 4 is 23.6 Å². The van der Waals surface area contributed by atoms with E-state index in [1.165, 1.54) is 13.8 Å². The summed E-state index contributed by atoms with van der Waals surface area (Å²) in [4.78, 5) is 34.7. The highest BCUT2D eigenvalue weighted by Crippen LogP contribution is 2.42. The summed E-state index contributed by atoms with van der Waals surface area (Å²) in [6.07, 6.45) is -0.939. The average Bonchev–Trinajstić information content (AvgIpc) is 2.62. The second-order valence-corrected chi connectivity index (χ2v) is 6.55. The summed E-state index contributed by atoms with van der Waals surface area (Å²) >= 11 is 0. The number of nitrogens with one attached hydrogen (secondary N) is 1. The van der Waals surface area contributed by atoms with Crippen LogP contribution in [0.3, 0.4) is 0 Å². The molecular formula is C19H23NO7. The van der Waals surface area contributed by atoms with Gasteiger partial charge < -0.3 is 24.3 Å². The molecule has 1 aromatic rings. The molecule has 0 spiro atoms. The number of benzene rings is 1. The molecule has 0 unspecified atom stereocenters. The molecule has 0 radical (unpaired) electrons. The standard InChI is InChI=1S/C19H23NO7/c1-4-24-19(23)12-5-6-14-13(7-12)16-8-15(20-14)18(26-11(3)22)17(27-16)9-25-10(2)21/h5-7,15-18,20H,4,8-9H2,1-3H3/t15-,16-,17-,18+/m1/s1. The number of hydrogen-bond acceptors (Lipinski definition) is 8. The Morgan fingerprint density at radius 1 is 1.19 bits per heavy atom. The molecule has 8 heteroatoms. The summed E-state index contributed by atoms with van der Waals surface area (Å²) in [6, 6.07) is 5.04. The zero-order valence-corrected chi connectivity index (χ0v) is 15.5. The molecule has 2 bridgehead atoms. The third kappa shape index (κ3) is 4.21. The van der Waals surface area contributed by atoms with Gasteiger partial charge in [-0.3, -0.25) is 9.59 Å². The van der Waals surface area contributed by atoms with Crippen LogP contribution in [0.2, 0.25) is 0 Å². The maximum Gasteiger partial charge on any atom is 0.338 e. The van der Waals surface area contributed by atoms with E-state index in [0.29, 0.717) is 18.6 Å². The van der Waals surface area contributed by atoms with Crippen LogP contribution >= 0.6 is 0 Å². The Morgan fingerprint density at radius 2 is 1.96 bits per heavy atom. The molecule has 1 aromatic carbocycles. The van der Waals surface area contributed by atoms with Crippen molar-refractivity contribution in [1.29, 1.82) is 0 Å². The first-order chi connectivity index (χ1) is 12.9. The van der Waals surface area contributed by atoms with Crippen LogP contribution in [0.15, 0.2) is 18.2 Å². The number of ether oxygens (including phenoxy) is 4. The highest BCUT2D eigenvalue weighted by Gasteiger charge is 2.45. The van der Waals surface area contributed by atoms with Gasteiger partial charge in [-0.1, -0.05) is 0 Å². The van der Waals surface area contributed by atoms with Gasteiger partial charge in [0.15, 0.2) is 6.10 Å². The number of carbonyl (C=O) groups is 3. The first-order valence-electron chi connectivity index (χ1n) is 8.92. The Bertz CT molecular complexity index is 748. The van der Waals surface area contributed by atoms with Gasteiger partial charge in [0, 0.05) is 31.5 Å². The van der Waals surface area contributed by atoms with E-state index in [2.05, 4.69) is 5.32 Å². The molecule has 2 aliphatic heterocycles. The average molecular weight is 377 g/mol. The molecule has 0 aliphatic carbocycles. The number of esters is 3. The van der Waals surface area contributed by atoms with E-state index in [1.54, 1.807) is 25.1 Å². The third-order valence-corrected chi connectivity index (χ3v) is 4.57. The molecule has 2 heterocycles. The van der Waals surface area contributed by atoms with Crippen molar-refractivity contribution in [1.82, 2.24) is 0 Å². The molecule has 0 aromatic heterocycles. The normalized spacial score (nSPS) is 25.6. The smallest absolute Gasteiger partial charge is 0.338 e. The number of anilines is 1. The maximum atomic E-state index is 12.0. The molecule has 0 amide bonds. The highest BCUT2D eigenvalue weighted by molar-refractivity contribution is 5.90. The Hall–Kier alpha value is -2.61. The molecule has 4 atom stereocenters. The van der Waals surface area contributed by atoms with Gasteiger partial charge in [-0.05, 0) is 25.1 Å². The molecule has 8 nitrogen and oxygen atoms in total. The zero-order valence-electron chi connectivity index (χ0n) is 15.5. The van der Waals surface area contributed by atoms with Crippen LogP contribution in [0.25, 0.3) is 0 Å². The summed E-state index contributed by atoms with van der Waals surface area (Å²) < 4.78 is 21.7. The summed E-state index contributed by atoms with van der Waals surface area (Å²) in [5.74, 6) is -1.26. The van der Waals surface area contributed by atoms with E-state index >= 15 is 0 Å². The van der Waals surface area contributed by atoms with Crippen LogP contribution in [-0.4, -0.2) is 49.4 Å². The number of hydrogen-bond donors (Lipinski definition) is 1. The molecule has 3 rings (SSSR count). The second kappa shape index (κ2) is 7.96. The van der Waals surface area contributed by atoms with Gasteiger partial charge in [0.1, 0.15) is 12.7 Å². The summed E-state index contributed by atoms with van der Waals surface area (Å²) in [7, 11) is 0. The quantitative estimate of drug-likeness (QED) is 0.614. The van der Waals surface area contributed by atoms with Gasteiger partial charge in [-0.25, -0.2) is 4.79 Å². The Morgan fingerprint density at radius 3 is 2.63 bits per heavy atom. The van der Waals surface area contributed by atoms with Crippen molar-refractivity contribution in [3.05, 3.63) is 29.3 Å². The lowest BCUT2D eigenvalue weighted by atomic mass is 9.86. The summed E-state index contributed by atoms with van der Waals surface area (Å²) in [5, 5.41) is 3.35. The van der Waals surface area contributed by atoms with Crippen LogP contribution in [0, 0.1) is 0 Å². The first kappa shape index (κ1) is 19.2.